The second-order valence-corrected chi connectivity index (χ2v) is 3.20. The Morgan fingerprint density at radius 2 is 2.11 bits per heavy atom. The molecule has 2 rings (SSSR count). The third-order valence-electron chi connectivity index (χ3n) is 2.06. The van der Waals surface area contributed by atoms with Gasteiger partial charge >= 0.3 is 0 Å². The zero-order chi connectivity index (χ0) is 12.3. The van der Waals surface area contributed by atoms with Gasteiger partial charge in [-0.25, -0.2) is 0 Å². The Labute approximate surface area is 117 Å². The molecule has 0 amide bonds. The van der Waals surface area contributed by atoms with E-state index in [-0.39, 0.29) is 25.7 Å². The van der Waals surface area contributed by atoms with Crippen molar-refractivity contribution in [2.75, 3.05) is 0 Å². The fourth-order valence-electron chi connectivity index (χ4n) is 1.36. The summed E-state index contributed by atoms with van der Waals surface area (Å²) >= 11 is 0. The summed E-state index contributed by atoms with van der Waals surface area (Å²) in [5, 5.41) is 0. The average molecular weight is 424 g/mol. The van der Waals surface area contributed by atoms with Crippen LogP contribution >= 0.6 is 0 Å². The van der Waals surface area contributed by atoms with Gasteiger partial charge in [0.25, 0.3) is 0 Å². The van der Waals surface area contributed by atoms with E-state index >= 15 is 0 Å². The van der Waals surface area contributed by atoms with Crippen LogP contribution in [0, 0.1) is 17.7 Å². The number of benzene rings is 1. The molecule has 1 aromatic carbocycles. The van der Waals surface area contributed by atoms with Crippen molar-refractivity contribution in [3.05, 3.63) is 61.0 Å². The van der Waals surface area contributed by atoms with E-state index in [2.05, 4.69) is 17.6 Å². The van der Waals surface area contributed by atoms with Crippen molar-refractivity contribution in [2.24, 2.45) is 0 Å². The summed E-state index contributed by atoms with van der Waals surface area (Å²) in [4.78, 5) is 3.97. The molecule has 0 saturated carbocycles. The van der Waals surface area contributed by atoms with Crippen LogP contribution in [0.4, 0.5) is 8.78 Å². The number of hydrogen-bond donors (Lipinski definition) is 0. The minimum absolute atomic E-state index is 0. The van der Waals surface area contributed by atoms with Crippen LogP contribution in [0.1, 0.15) is 0 Å². The van der Waals surface area contributed by atoms with E-state index in [9.17, 15) is 8.78 Å². The number of ether oxygens (including phenoxy) is 1. The third-order valence-corrected chi connectivity index (χ3v) is 2.06. The second-order valence-electron chi connectivity index (χ2n) is 3.20. The van der Waals surface area contributed by atoms with Crippen molar-refractivity contribution in [3.63, 3.8) is 0 Å². The van der Waals surface area contributed by atoms with E-state index in [0.29, 0.717) is 11.4 Å². The number of nitrogens with zero attached hydrogens (tertiary/aromatic N) is 1. The molecule has 0 N–H and O–H groups in total. The van der Waals surface area contributed by atoms with Gasteiger partial charge in [-0.05, 0) is 17.8 Å². The predicted octanol–water partition coefficient (Wildman–Crippen LogP) is 3.35. The van der Waals surface area contributed by atoms with Gasteiger partial charge in [0.15, 0.2) is 0 Å². The first-order chi connectivity index (χ1) is 8.20. The molecule has 2 nitrogen and oxygen atoms in total. The molecule has 0 saturated heterocycles. The molecule has 0 aliphatic carbocycles. The molecule has 95 valence electrons. The van der Waals surface area contributed by atoms with Crippen LogP contribution in [0.15, 0.2) is 43.3 Å². The molecule has 1 radical (unpaired) electrons. The van der Waals surface area contributed by atoms with Gasteiger partial charge in [-0.1, -0.05) is 18.2 Å². The van der Waals surface area contributed by atoms with Crippen LogP contribution in [-0.4, -0.2) is 4.98 Å². The molecule has 18 heavy (non-hydrogen) atoms. The van der Waals surface area contributed by atoms with E-state index in [0.717, 1.165) is 12.1 Å². The van der Waals surface area contributed by atoms with Crippen molar-refractivity contribution in [3.8, 4) is 17.0 Å². The molecule has 0 unspecified atom stereocenters. The van der Waals surface area contributed by atoms with Gasteiger partial charge < -0.3 is 9.72 Å². The molecule has 2 aromatic rings. The fraction of sp³-hybridized carbons (Fsp3) is 0. The molecule has 5 heteroatoms. The van der Waals surface area contributed by atoms with Gasteiger partial charge in [0.2, 0.25) is 0 Å². The normalized spacial score (nSPS) is 9.44. The van der Waals surface area contributed by atoms with E-state index in [4.69, 9.17) is 4.74 Å². The fourth-order valence-corrected chi connectivity index (χ4v) is 1.36. The SMILES string of the molecule is C=COc1ccnc(-c2[c-]cc(F)cc2F)c1.[Ir]. The summed E-state index contributed by atoms with van der Waals surface area (Å²) in [5.74, 6) is -0.917. The molecule has 0 aliphatic rings. The van der Waals surface area contributed by atoms with Crippen LogP contribution in [0.2, 0.25) is 0 Å². The molecule has 0 fully saturated rings. The van der Waals surface area contributed by atoms with Gasteiger partial charge in [-0.15, -0.1) is 12.1 Å². The first-order valence-corrected chi connectivity index (χ1v) is 4.81. The molecular formula is C13H8F2IrNO-. The maximum atomic E-state index is 13.5. The Balaban J connectivity index is 0.00000162. The zero-order valence-corrected chi connectivity index (χ0v) is 11.5. The van der Waals surface area contributed by atoms with Crippen molar-refractivity contribution >= 4 is 0 Å². The molecular weight excluding hydrogens is 416 g/mol. The number of halogens is 2. The monoisotopic (exact) mass is 425 g/mol. The maximum absolute atomic E-state index is 13.5. The zero-order valence-electron chi connectivity index (χ0n) is 9.12. The van der Waals surface area contributed by atoms with Gasteiger partial charge in [-0.2, -0.15) is 0 Å². The van der Waals surface area contributed by atoms with E-state index in [1.54, 1.807) is 6.07 Å². The van der Waals surface area contributed by atoms with E-state index in [1.807, 2.05) is 0 Å². The number of hydrogen-bond acceptors (Lipinski definition) is 2. The summed E-state index contributed by atoms with van der Waals surface area (Å²) in [6.45, 7) is 3.41. The molecule has 0 bridgehead atoms. The largest absolute Gasteiger partial charge is 0.466 e. The second kappa shape index (κ2) is 6.38. The predicted molar refractivity (Wildman–Crippen MR) is 59.3 cm³/mol. The Morgan fingerprint density at radius 1 is 1.33 bits per heavy atom. The van der Waals surface area contributed by atoms with Gasteiger partial charge in [0.05, 0.1) is 6.26 Å². The molecule has 1 aromatic heterocycles. The Kier molecular flexibility index (Phi) is 5.13. The van der Waals surface area contributed by atoms with Crippen LogP contribution in [0.3, 0.4) is 0 Å². The summed E-state index contributed by atoms with van der Waals surface area (Å²) in [7, 11) is 0. The minimum Gasteiger partial charge on any atom is -0.466 e. The van der Waals surface area contributed by atoms with Crippen molar-refractivity contribution in [2.45, 2.75) is 0 Å². The first-order valence-electron chi connectivity index (χ1n) is 4.81. The Morgan fingerprint density at radius 3 is 2.78 bits per heavy atom. The summed E-state index contributed by atoms with van der Waals surface area (Å²) in [5.41, 5.74) is 0.419. The summed E-state index contributed by atoms with van der Waals surface area (Å²) in [6.07, 6.45) is 2.72. The molecule has 1 heterocycles. The van der Waals surface area contributed by atoms with Gasteiger partial charge in [0.1, 0.15) is 5.75 Å². The van der Waals surface area contributed by atoms with E-state index in [1.165, 1.54) is 18.5 Å². The van der Waals surface area contributed by atoms with Crippen LogP contribution in [-0.2, 0) is 20.1 Å². The van der Waals surface area contributed by atoms with Gasteiger partial charge in [-0.3, -0.25) is 8.78 Å². The number of aromatic nitrogens is 1. The molecule has 0 aliphatic heterocycles. The smallest absolute Gasteiger partial charge is 0.120 e. The quantitative estimate of drug-likeness (QED) is 0.557. The Hall–Kier alpha value is -1.58. The Bertz CT molecular complexity index is 560. The topological polar surface area (TPSA) is 22.1 Å². The number of pyridine rings is 1. The van der Waals surface area contributed by atoms with Gasteiger partial charge in [0, 0.05) is 37.9 Å². The minimum atomic E-state index is -0.715. The molecule has 0 spiro atoms. The van der Waals surface area contributed by atoms with Crippen LogP contribution in [0.5, 0.6) is 5.75 Å². The third kappa shape index (κ3) is 3.21. The van der Waals surface area contributed by atoms with Crippen molar-refractivity contribution in [1.29, 1.82) is 0 Å². The van der Waals surface area contributed by atoms with Crippen molar-refractivity contribution in [1.82, 2.24) is 4.98 Å². The van der Waals surface area contributed by atoms with Crippen LogP contribution < -0.4 is 4.74 Å². The first kappa shape index (κ1) is 14.5. The average Bonchev–Trinajstić information content (AvgIpc) is 2.29. The van der Waals surface area contributed by atoms with Crippen molar-refractivity contribution < 1.29 is 33.6 Å². The van der Waals surface area contributed by atoms with E-state index < -0.39 is 11.6 Å². The molecule has 0 atom stereocenters. The maximum Gasteiger partial charge on any atom is 0.120 e. The standard InChI is InChI=1S/C13H8F2NO.Ir/c1-2-17-10-5-6-16-13(8-10)11-4-3-9(14)7-12(11)15;/h2-3,5-8H,1H2;/q-1;. The van der Waals surface area contributed by atoms with Crippen LogP contribution in [0.25, 0.3) is 11.3 Å². The summed E-state index contributed by atoms with van der Waals surface area (Å²) < 4.78 is 31.3. The number of rotatable bonds is 3. The summed E-state index contributed by atoms with van der Waals surface area (Å²) in [6, 6.07) is 7.47.